The Kier molecular flexibility index (Phi) is 9.74. The van der Waals surface area contributed by atoms with Gasteiger partial charge in [-0.25, -0.2) is 0 Å². The molecule has 0 amide bonds. The van der Waals surface area contributed by atoms with Gasteiger partial charge in [-0.05, 0) is 12.8 Å². The fraction of sp³-hybridized carbons (Fsp3) is 1.00. The molecule has 0 aromatic rings. The molecule has 5 nitrogen and oxygen atoms in total. The maximum Gasteiger partial charge on any atom is 0.268 e. The molecule has 110 valence electrons. The van der Waals surface area contributed by atoms with Crippen molar-refractivity contribution in [1.29, 1.82) is 0 Å². The second kappa shape index (κ2) is 9.45. The van der Waals surface area contributed by atoms with Crippen molar-refractivity contribution in [2.45, 2.75) is 25.7 Å². The van der Waals surface area contributed by atoms with E-state index in [1.54, 1.807) is 0 Å². The Bertz CT molecular complexity index is 258. The lowest BCUT2D eigenvalue weighted by molar-refractivity contribution is -0.870. The van der Waals surface area contributed by atoms with Gasteiger partial charge in [0.2, 0.25) is 0 Å². The monoisotopic (exact) mass is 345 g/mol. The zero-order valence-corrected chi connectivity index (χ0v) is 14.0. The van der Waals surface area contributed by atoms with E-state index in [9.17, 15) is 9.46 Å². The Morgan fingerprint density at radius 1 is 1.06 bits per heavy atom. The zero-order valence-electron chi connectivity index (χ0n) is 11.6. The maximum atomic E-state index is 11.4. The second-order valence-corrected chi connectivity index (χ2v) is 7.43. The third kappa shape index (κ3) is 13.0. The third-order valence-corrected chi connectivity index (χ3v) is 3.85. The van der Waals surface area contributed by atoms with Crippen LogP contribution in [-0.2, 0) is 13.6 Å². The highest BCUT2D eigenvalue weighted by molar-refractivity contribution is 9.09. The first-order valence-corrected chi connectivity index (χ1v) is 8.81. The third-order valence-electron chi connectivity index (χ3n) is 2.29. The lowest BCUT2D eigenvalue weighted by Gasteiger charge is -2.27. The number of hydrogen-bond donors (Lipinski definition) is 0. The molecular formula is C11H25BrNO4P. The van der Waals surface area contributed by atoms with Crippen LogP contribution in [0.4, 0.5) is 0 Å². The molecule has 0 saturated carbocycles. The van der Waals surface area contributed by atoms with Crippen LogP contribution in [0.5, 0.6) is 0 Å². The van der Waals surface area contributed by atoms with Gasteiger partial charge in [0.1, 0.15) is 13.2 Å². The fourth-order valence-electron chi connectivity index (χ4n) is 1.19. The summed E-state index contributed by atoms with van der Waals surface area (Å²) in [5, 5.41) is 0.988. The minimum atomic E-state index is -4.10. The van der Waals surface area contributed by atoms with Gasteiger partial charge in [0, 0.05) is 5.33 Å². The molecule has 18 heavy (non-hydrogen) atoms. The van der Waals surface area contributed by atoms with Gasteiger partial charge >= 0.3 is 0 Å². The summed E-state index contributed by atoms with van der Waals surface area (Å²) in [6, 6.07) is 0. The van der Waals surface area contributed by atoms with E-state index in [0.29, 0.717) is 11.0 Å². The van der Waals surface area contributed by atoms with Crippen LogP contribution in [0, 0.1) is 0 Å². The van der Waals surface area contributed by atoms with Crippen molar-refractivity contribution >= 4 is 23.8 Å². The first kappa shape index (κ1) is 18.6. The van der Waals surface area contributed by atoms with Gasteiger partial charge in [-0.2, -0.15) is 0 Å². The molecule has 0 bridgehead atoms. The predicted molar refractivity (Wildman–Crippen MR) is 74.7 cm³/mol. The number of phosphoric acid groups is 1. The SMILES string of the molecule is C[N+](C)(C)CCOP(=O)([O-])OCCCCCCBr. The first-order valence-electron chi connectivity index (χ1n) is 6.23. The molecule has 0 spiro atoms. The highest BCUT2D eigenvalue weighted by Crippen LogP contribution is 2.38. The van der Waals surface area contributed by atoms with Crippen molar-refractivity contribution < 1.29 is 23.0 Å². The van der Waals surface area contributed by atoms with Crippen LogP contribution in [0.1, 0.15) is 25.7 Å². The number of halogens is 1. The van der Waals surface area contributed by atoms with E-state index in [0.717, 1.165) is 31.0 Å². The van der Waals surface area contributed by atoms with Crippen LogP contribution in [0.15, 0.2) is 0 Å². The largest absolute Gasteiger partial charge is 0.756 e. The standard InChI is InChI=1S/C11H25BrNO4P/c1-13(2,3)9-11-17-18(14,15)16-10-7-5-4-6-8-12/h4-11H2,1-3H3. The molecule has 0 saturated heterocycles. The molecular weight excluding hydrogens is 321 g/mol. The van der Waals surface area contributed by atoms with Gasteiger partial charge in [0.15, 0.2) is 0 Å². The van der Waals surface area contributed by atoms with E-state index in [2.05, 4.69) is 15.9 Å². The molecule has 0 aliphatic rings. The molecule has 0 fully saturated rings. The fourth-order valence-corrected chi connectivity index (χ4v) is 2.32. The van der Waals surface area contributed by atoms with Gasteiger partial charge in [-0.15, -0.1) is 0 Å². The van der Waals surface area contributed by atoms with Crippen molar-refractivity contribution in [3.05, 3.63) is 0 Å². The number of nitrogens with zero attached hydrogens (tertiary/aromatic N) is 1. The van der Waals surface area contributed by atoms with Crippen LogP contribution in [0.25, 0.3) is 0 Å². The smallest absolute Gasteiger partial charge is 0.268 e. The second-order valence-electron chi connectivity index (χ2n) is 5.23. The van der Waals surface area contributed by atoms with Crippen molar-refractivity contribution in [2.24, 2.45) is 0 Å². The van der Waals surface area contributed by atoms with Crippen LogP contribution in [0.2, 0.25) is 0 Å². The maximum absolute atomic E-state index is 11.4. The van der Waals surface area contributed by atoms with Gasteiger partial charge in [-0.3, -0.25) is 4.57 Å². The van der Waals surface area contributed by atoms with Crippen molar-refractivity contribution in [2.75, 3.05) is 46.2 Å². The summed E-state index contributed by atoms with van der Waals surface area (Å²) in [7, 11) is 1.82. The summed E-state index contributed by atoms with van der Waals surface area (Å²) in [5.74, 6) is 0. The Morgan fingerprint density at radius 2 is 1.61 bits per heavy atom. The summed E-state index contributed by atoms with van der Waals surface area (Å²) in [6.45, 7) is 1.00. The lowest BCUT2D eigenvalue weighted by Crippen LogP contribution is -2.37. The van der Waals surface area contributed by atoms with E-state index in [-0.39, 0.29) is 13.2 Å². The average Bonchev–Trinajstić information content (AvgIpc) is 2.21. The number of alkyl halides is 1. The number of hydrogen-bond acceptors (Lipinski definition) is 4. The summed E-state index contributed by atoms with van der Waals surface area (Å²) in [4.78, 5) is 11.4. The van der Waals surface area contributed by atoms with E-state index < -0.39 is 7.82 Å². The minimum Gasteiger partial charge on any atom is -0.756 e. The Morgan fingerprint density at radius 3 is 2.17 bits per heavy atom. The van der Waals surface area contributed by atoms with E-state index in [1.165, 1.54) is 0 Å². The average molecular weight is 346 g/mol. The van der Waals surface area contributed by atoms with Crippen molar-refractivity contribution in [3.63, 3.8) is 0 Å². The van der Waals surface area contributed by atoms with Crippen LogP contribution in [-0.4, -0.2) is 50.7 Å². The number of rotatable bonds is 11. The minimum absolute atomic E-state index is 0.161. The van der Waals surface area contributed by atoms with E-state index in [4.69, 9.17) is 9.05 Å². The molecule has 0 heterocycles. The normalized spacial score (nSPS) is 15.6. The van der Waals surface area contributed by atoms with Crippen LogP contribution in [0.3, 0.4) is 0 Å². The van der Waals surface area contributed by atoms with Gasteiger partial charge in [0.05, 0.1) is 27.7 Å². The van der Waals surface area contributed by atoms with Gasteiger partial charge in [-0.1, -0.05) is 28.8 Å². The topological polar surface area (TPSA) is 58.6 Å². The summed E-state index contributed by atoms with van der Waals surface area (Å²) in [6.07, 6.45) is 3.91. The molecule has 0 aromatic heterocycles. The zero-order chi connectivity index (χ0) is 14.1. The van der Waals surface area contributed by atoms with Crippen LogP contribution >= 0.6 is 23.8 Å². The first-order chi connectivity index (χ1) is 8.27. The van der Waals surface area contributed by atoms with Crippen LogP contribution < -0.4 is 4.89 Å². The summed E-state index contributed by atoms with van der Waals surface area (Å²) >= 11 is 3.35. The Balaban J connectivity index is 3.58. The van der Waals surface area contributed by atoms with Crippen molar-refractivity contribution in [1.82, 2.24) is 0 Å². The summed E-state index contributed by atoms with van der Waals surface area (Å²) in [5.41, 5.74) is 0. The number of likely N-dealkylation sites (N-methyl/N-ethyl adjacent to an activating group) is 1. The highest BCUT2D eigenvalue weighted by atomic mass is 79.9. The molecule has 7 heteroatoms. The number of phosphoric ester groups is 1. The van der Waals surface area contributed by atoms with E-state index >= 15 is 0 Å². The molecule has 0 aromatic carbocycles. The molecule has 0 radical (unpaired) electrons. The van der Waals surface area contributed by atoms with E-state index in [1.807, 2.05) is 21.1 Å². The lowest BCUT2D eigenvalue weighted by atomic mass is 10.2. The number of unbranched alkanes of at least 4 members (excludes halogenated alkanes) is 3. The molecule has 0 rings (SSSR count). The van der Waals surface area contributed by atoms with Gasteiger partial charge < -0.3 is 18.4 Å². The molecule has 1 atom stereocenters. The molecule has 0 N–H and O–H groups in total. The Hall–Kier alpha value is 0.550. The molecule has 1 unspecified atom stereocenters. The Labute approximate surface area is 119 Å². The number of quaternary nitrogens is 1. The summed E-state index contributed by atoms with van der Waals surface area (Å²) < 4.78 is 21.6. The van der Waals surface area contributed by atoms with Crippen molar-refractivity contribution in [3.8, 4) is 0 Å². The van der Waals surface area contributed by atoms with Gasteiger partial charge in [0.25, 0.3) is 7.82 Å². The predicted octanol–water partition coefficient (Wildman–Crippen LogP) is 2.15. The molecule has 0 aliphatic heterocycles. The highest BCUT2D eigenvalue weighted by Gasteiger charge is 2.12. The molecule has 0 aliphatic carbocycles. The quantitative estimate of drug-likeness (QED) is 0.249.